The molecule has 4 heteroatoms. The van der Waals surface area contributed by atoms with E-state index in [2.05, 4.69) is 9.69 Å². The van der Waals surface area contributed by atoms with Gasteiger partial charge in [-0.3, -0.25) is 0 Å². The van der Waals surface area contributed by atoms with Crippen molar-refractivity contribution in [1.82, 2.24) is 4.37 Å². The fraction of sp³-hybridized carbons (Fsp3) is 0.400. The van der Waals surface area contributed by atoms with Crippen LogP contribution in [0.5, 0.6) is 0 Å². The zero-order chi connectivity index (χ0) is 6.85. The van der Waals surface area contributed by atoms with Gasteiger partial charge < -0.3 is 11.1 Å². The van der Waals surface area contributed by atoms with Crippen LogP contribution >= 0.6 is 11.5 Å². The topological polar surface area (TPSA) is 50.9 Å². The van der Waals surface area contributed by atoms with E-state index >= 15 is 0 Å². The van der Waals surface area contributed by atoms with Crippen LogP contribution in [0.4, 0.5) is 10.8 Å². The Labute approximate surface area is 58.1 Å². The Morgan fingerprint density at radius 3 is 2.56 bits per heavy atom. The summed E-state index contributed by atoms with van der Waals surface area (Å²) in [5.41, 5.74) is 6.52. The van der Waals surface area contributed by atoms with E-state index in [1.54, 1.807) is 0 Å². The van der Waals surface area contributed by atoms with E-state index in [1.165, 1.54) is 11.5 Å². The van der Waals surface area contributed by atoms with E-state index in [9.17, 15) is 0 Å². The van der Waals surface area contributed by atoms with E-state index in [4.69, 9.17) is 5.73 Å². The fourth-order valence-electron chi connectivity index (χ4n) is 0.581. The molecule has 3 nitrogen and oxygen atoms in total. The zero-order valence-corrected chi connectivity index (χ0v) is 6.25. The molecule has 0 aliphatic heterocycles. The summed E-state index contributed by atoms with van der Waals surface area (Å²) in [4.78, 5) is 0. The van der Waals surface area contributed by atoms with Gasteiger partial charge in [-0.05, 0) is 18.5 Å². The predicted octanol–water partition coefficient (Wildman–Crippen LogP) is 1.08. The van der Waals surface area contributed by atoms with Crippen LogP contribution in [0, 0.1) is 6.92 Å². The number of nitrogens with one attached hydrogen (secondary N) is 1. The van der Waals surface area contributed by atoms with Crippen LogP contribution < -0.4 is 11.1 Å². The number of rotatable bonds is 1. The lowest BCUT2D eigenvalue weighted by atomic mass is 10.4. The molecular weight excluding hydrogens is 134 g/mol. The average Bonchev–Trinajstić information content (AvgIpc) is 2.15. The van der Waals surface area contributed by atoms with Crippen molar-refractivity contribution < 1.29 is 0 Å². The summed E-state index contributed by atoms with van der Waals surface area (Å²) < 4.78 is 3.94. The maximum absolute atomic E-state index is 5.48. The van der Waals surface area contributed by atoms with Gasteiger partial charge in [-0.2, -0.15) is 4.37 Å². The Balaban J connectivity index is 3.04. The number of nitrogens with zero attached hydrogens (tertiary/aromatic N) is 1. The number of hydrogen-bond acceptors (Lipinski definition) is 4. The second-order valence-electron chi connectivity index (χ2n) is 1.77. The SMILES string of the molecule is CNc1snc(N)c1C. The van der Waals surface area contributed by atoms with Gasteiger partial charge in [0.2, 0.25) is 0 Å². The molecule has 1 aromatic heterocycles. The zero-order valence-electron chi connectivity index (χ0n) is 5.43. The maximum atomic E-state index is 5.48. The molecule has 1 aromatic rings. The molecular formula is C5H9N3S. The fourth-order valence-corrected chi connectivity index (χ4v) is 1.24. The molecule has 0 saturated carbocycles. The van der Waals surface area contributed by atoms with Gasteiger partial charge >= 0.3 is 0 Å². The molecule has 0 aliphatic rings. The van der Waals surface area contributed by atoms with Crippen LogP contribution in [0.1, 0.15) is 5.56 Å². The van der Waals surface area contributed by atoms with Gasteiger partial charge in [0.1, 0.15) is 10.8 Å². The highest BCUT2D eigenvalue weighted by Gasteiger charge is 2.02. The summed E-state index contributed by atoms with van der Waals surface area (Å²) in [7, 11) is 1.86. The predicted molar refractivity (Wildman–Crippen MR) is 40.8 cm³/mol. The van der Waals surface area contributed by atoms with E-state index in [-0.39, 0.29) is 0 Å². The highest BCUT2D eigenvalue weighted by molar-refractivity contribution is 7.10. The van der Waals surface area contributed by atoms with Crippen molar-refractivity contribution in [2.45, 2.75) is 6.92 Å². The standard InChI is InChI=1S/C5H9N3S/c1-3-4(6)8-9-5(3)7-2/h7H,1-2H3,(H2,6,8). The van der Waals surface area contributed by atoms with E-state index < -0.39 is 0 Å². The van der Waals surface area contributed by atoms with Gasteiger partial charge in [0.05, 0.1) is 0 Å². The highest BCUT2D eigenvalue weighted by atomic mass is 32.1. The Hall–Kier alpha value is -0.770. The van der Waals surface area contributed by atoms with Crippen LogP contribution in [0.2, 0.25) is 0 Å². The molecule has 3 N–H and O–H groups in total. The van der Waals surface area contributed by atoms with Crippen LogP contribution in [-0.2, 0) is 0 Å². The summed E-state index contributed by atoms with van der Waals surface area (Å²) in [6, 6.07) is 0. The summed E-state index contributed by atoms with van der Waals surface area (Å²) in [5.74, 6) is 0.629. The first kappa shape index (κ1) is 6.35. The normalized spacial score (nSPS) is 9.56. The lowest BCUT2D eigenvalue weighted by molar-refractivity contribution is 1.43. The van der Waals surface area contributed by atoms with Crippen molar-refractivity contribution in [3.63, 3.8) is 0 Å². The Kier molecular flexibility index (Phi) is 1.57. The molecule has 0 unspecified atom stereocenters. The molecule has 1 rings (SSSR count). The summed E-state index contributed by atoms with van der Waals surface area (Å²) in [6.45, 7) is 1.95. The molecule has 0 atom stereocenters. The molecule has 0 amide bonds. The van der Waals surface area contributed by atoms with Gasteiger partial charge in [-0.1, -0.05) is 0 Å². The van der Waals surface area contributed by atoms with Crippen molar-refractivity contribution in [3.05, 3.63) is 5.56 Å². The summed E-state index contributed by atoms with van der Waals surface area (Å²) in [6.07, 6.45) is 0. The lowest BCUT2D eigenvalue weighted by Crippen LogP contribution is -1.89. The number of nitrogens with two attached hydrogens (primary N) is 1. The van der Waals surface area contributed by atoms with E-state index in [0.717, 1.165) is 10.6 Å². The third-order valence-electron chi connectivity index (χ3n) is 1.19. The average molecular weight is 143 g/mol. The van der Waals surface area contributed by atoms with Crippen LogP contribution in [0.25, 0.3) is 0 Å². The smallest absolute Gasteiger partial charge is 0.142 e. The lowest BCUT2D eigenvalue weighted by Gasteiger charge is -1.92. The van der Waals surface area contributed by atoms with Crippen molar-refractivity contribution in [3.8, 4) is 0 Å². The molecule has 1 heterocycles. The van der Waals surface area contributed by atoms with Crippen LogP contribution in [0.3, 0.4) is 0 Å². The number of aromatic nitrogens is 1. The molecule has 9 heavy (non-hydrogen) atoms. The van der Waals surface area contributed by atoms with E-state index in [1.807, 2.05) is 14.0 Å². The second kappa shape index (κ2) is 2.23. The summed E-state index contributed by atoms with van der Waals surface area (Å²) in [5, 5.41) is 4.04. The van der Waals surface area contributed by atoms with Crippen molar-refractivity contribution in [1.29, 1.82) is 0 Å². The largest absolute Gasteiger partial charge is 0.383 e. The quantitative estimate of drug-likeness (QED) is 0.618. The van der Waals surface area contributed by atoms with Gasteiger partial charge in [-0.15, -0.1) is 0 Å². The monoisotopic (exact) mass is 143 g/mol. The minimum absolute atomic E-state index is 0.629. The third-order valence-corrected chi connectivity index (χ3v) is 2.17. The van der Waals surface area contributed by atoms with E-state index in [0.29, 0.717) is 5.82 Å². The van der Waals surface area contributed by atoms with Gasteiger partial charge in [0.25, 0.3) is 0 Å². The minimum Gasteiger partial charge on any atom is -0.383 e. The Bertz CT molecular complexity index is 206. The molecule has 0 aliphatic carbocycles. The summed E-state index contributed by atoms with van der Waals surface area (Å²) >= 11 is 1.39. The molecule has 0 fully saturated rings. The molecule has 0 saturated heterocycles. The first-order chi connectivity index (χ1) is 4.25. The number of anilines is 2. The van der Waals surface area contributed by atoms with Crippen molar-refractivity contribution in [2.75, 3.05) is 18.1 Å². The molecule has 0 spiro atoms. The first-order valence-electron chi connectivity index (χ1n) is 2.65. The number of hydrogen-bond donors (Lipinski definition) is 2. The van der Waals surface area contributed by atoms with Crippen molar-refractivity contribution >= 4 is 22.4 Å². The second-order valence-corrected chi connectivity index (χ2v) is 2.55. The molecule has 0 radical (unpaired) electrons. The molecule has 0 bridgehead atoms. The van der Waals surface area contributed by atoms with Gasteiger partial charge in [-0.25, -0.2) is 0 Å². The first-order valence-corrected chi connectivity index (χ1v) is 3.42. The molecule has 0 aromatic carbocycles. The Morgan fingerprint density at radius 1 is 1.67 bits per heavy atom. The van der Waals surface area contributed by atoms with Crippen LogP contribution in [-0.4, -0.2) is 11.4 Å². The van der Waals surface area contributed by atoms with Gasteiger partial charge in [0, 0.05) is 12.6 Å². The van der Waals surface area contributed by atoms with Crippen molar-refractivity contribution in [2.24, 2.45) is 0 Å². The molecule has 50 valence electrons. The highest BCUT2D eigenvalue weighted by Crippen LogP contribution is 2.23. The van der Waals surface area contributed by atoms with Gasteiger partial charge in [0.15, 0.2) is 0 Å². The minimum atomic E-state index is 0.629. The number of nitrogen functional groups attached to an aromatic ring is 1. The maximum Gasteiger partial charge on any atom is 0.142 e. The third kappa shape index (κ3) is 0.977. The Morgan fingerprint density at radius 2 is 2.33 bits per heavy atom. The van der Waals surface area contributed by atoms with Crippen LogP contribution in [0.15, 0.2) is 0 Å².